The minimum Gasteiger partial charge on any atom is -0.481 e. The smallest absolute Gasteiger partial charge is 0.306 e. The van der Waals surface area contributed by atoms with Crippen LogP contribution in [0.25, 0.3) is 10.1 Å². The summed E-state index contributed by atoms with van der Waals surface area (Å²) in [6, 6.07) is 5.19. The second kappa shape index (κ2) is 5.81. The first kappa shape index (κ1) is 15.7. The highest BCUT2D eigenvalue weighted by atomic mass is 35.5. The first-order valence-electron chi connectivity index (χ1n) is 6.79. The van der Waals surface area contributed by atoms with E-state index in [-0.39, 0.29) is 18.0 Å². The van der Waals surface area contributed by atoms with E-state index in [4.69, 9.17) is 16.7 Å². The van der Waals surface area contributed by atoms with Gasteiger partial charge in [0.1, 0.15) is 4.90 Å². The van der Waals surface area contributed by atoms with E-state index in [9.17, 15) is 13.2 Å². The van der Waals surface area contributed by atoms with E-state index in [0.29, 0.717) is 23.3 Å². The molecule has 0 unspecified atom stereocenters. The molecule has 0 radical (unpaired) electrons. The molecule has 2 aromatic rings. The highest BCUT2D eigenvalue weighted by molar-refractivity contribution is 7.89. The van der Waals surface area contributed by atoms with Gasteiger partial charge < -0.3 is 5.11 Å². The van der Waals surface area contributed by atoms with Crippen LogP contribution in [0, 0.1) is 5.92 Å². The lowest BCUT2D eigenvalue weighted by atomic mass is 9.99. The summed E-state index contributed by atoms with van der Waals surface area (Å²) in [4.78, 5) is 11.2. The third kappa shape index (κ3) is 2.74. The van der Waals surface area contributed by atoms with Crippen molar-refractivity contribution in [2.75, 3.05) is 13.1 Å². The van der Waals surface area contributed by atoms with Gasteiger partial charge in [0.25, 0.3) is 0 Å². The average molecular weight is 360 g/mol. The van der Waals surface area contributed by atoms with Crippen LogP contribution in [0.4, 0.5) is 0 Å². The van der Waals surface area contributed by atoms with Gasteiger partial charge in [0.15, 0.2) is 0 Å². The van der Waals surface area contributed by atoms with Gasteiger partial charge in [0, 0.05) is 33.6 Å². The third-order valence-electron chi connectivity index (χ3n) is 3.92. The topological polar surface area (TPSA) is 74.7 Å². The van der Waals surface area contributed by atoms with Crippen LogP contribution < -0.4 is 0 Å². The van der Waals surface area contributed by atoms with E-state index in [0.717, 1.165) is 4.70 Å². The number of fused-ring (bicyclic) bond motifs is 1. The molecule has 2 heterocycles. The number of sulfonamides is 1. The fraction of sp³-hybridized carbons (Fsp3) is 0.357. The second-order valence-electron chi connectivity index (χ2n) is 5.26. The SMILES string of the molecule is O=C(O)C1CCN(S(=O)(=O)c2csc3ccc(Cl)cc23)CC1. The number of carboxylic acids is 1. The second-order valence-corrected chi connectivity index (χ2v) is 8.51. The van der Waals surface area contributed by atoms with Crippen LogP contribution in [0.2, 0.25) is 5.02 Å². The first-order chi connectivity index (χ1) is 10.4. The first-order valence-corrected chi connectivity index (χ1v) is 9.49. The quantitative estimate of drug-likeness (QED) is 0.914. The van der Waals surface area contributed by atoms with Crippen LogP contribution in [0.3, 0.4) is 0 Å². The van der Waals surface area contributed by atoms with Gasteiger partial charge in [-0.05, 0) is 31.0 Å². The molecular formula is C14H14ClNO4S2. The molecule has 1 aliphatic heterocycles. The minimum absolute atomic E-state index is 0.233. The number of hydrogen-bond acceptors (Lipinski definition) is 4. The molecule has 0 bridgehead atoms. The van der Waals surface area contributed by atoms with E-state index >= 15 is 0 Å². The third-order valence-corrected chi connectivity index (χ3v) is 7.21. The number of aliphatic carboxylic acids is 1. The van der Waals surface area contributed by atoms with Gasteiger partial charge in [-0.1, -0.05) is 11.6 Å². The van der Waals surface area contributed by atoms with Crippen molar-refractivity contribution in [3.8, 4) is 0 Å². The van der Waals surface area contributed by atoms with Gasteiger partial charge >= 0.3 is 5.97 Å². The number of benzene rings is 1. The van der Waals surface area contributed by atoms with E-state index in [1.807, 2.05) is 0 Å². The molecule has 1 fully saturated rings. The van der Waals surface area contributed by atoms with Crippen molar-refractivity contribution in [1.82, 2.24) is 4.31 Å². The Kier molecular flexibility index (Phi) is 4.15. The molecule has 1 N–H and O–H groups in total. The van der Waals surface area contributed by atoms with Gasteiger partial charge in [-0.2, -0.15) is 4.31 Å². The maximum absolute atomic E-state index is 12.8. The van der Waals surface area contributed by atoms with Crippen molar-refractivity contribution >= 4 is 49.0 Å². The largest absolute Gasteiger partial charge is 0.481 e. The maximum atomic E-state index is 12.8. The lowest BCUT2D eigenvalue weighted by Gasteiger charge is -2.29. The van der Waals surface area contributed by atoms with Gasteiger partial charge in [0.2, 0.25) is 10.0 Å². The molecule has 0 saturated carbocycles. The zero-order valence-corrected chi connectivity index (χ0v) is 13.9. The summed E-state index contributed by atoms with van der Waals surface area (Å²) >= 11 is 7.33. The van der Waals surface area contributed by atoms with E-state index < -0.39 is 21.9 Å². The van der Waals surface area contributed by atoms with Crippen LogP contribution in [0.15, 0.2) is 28.5 Å². The van der Waals surface area contributed by atoms with Crippen molar-refractivity contribution in [3.63, 3.8) is 0 Å². The summed E-state index contributed by atoms with van der Waals surface area (Å²) in [5.41, 5.74) is 0. The van der Waals surface area contributed by atoms with Gasteiger partial charge in [-0.3, -0.25) is 4.79 Å². The summed E-state index contributed by atoms with van der Waals surface area (Å²) < 4.78 is 27.8. The fourth-order valence-corrected chi connectivity index (χ4v) is 5.75. The zero-order valence-electron chi connectivity index (χ0n) is 11.5. The van der Waals surface area contributed by atoms with Gasteiger partial charge in [-0.15, -0.1) is 11.3 Å². The van der Waals surface area contributed by atoms with Crippen molar-refractivity contribution in [2.24, 2.45) is 5.92 Å². The summed E-state index contributed by atoms with van der Waals surface area (Å²) in [6.07, 6.45) is 0.689. The van der Waals surface area contributed by atoms with Crippen LogP contribution in [0.5, 0.6) is 0 Å². The average Bonchev–Trinajstić information content (AvgIpc) is 2.91. The van der Waals surface area contributed by atoms with Crippen molar-refractivity contribution < 1.29 is 18.3 Å². The van der Waals surface area contributed by atoms with Crippen LogP contribution >= 0.6 is 22.9 Å². The predicted octanol–water partition coefficient (Wildman–Crippen LogP) is 3.04. The molecule has 0 spiro atoms. The monoisotopic (exact) mass is 359 g/mol. The Labute approximate surface area is 137 Å². The molecule has 22 heavy (non-hydrogen) atoms. The number of hydrogen-bond donors (Lipinski definition) is 1. The van der Waals surface area contributed by atoms with Gasteiger partial charge in [0.05, 0.1) is 5.92 Å². The molecule has 0 aliphatic carbocycles. The summed E-state index contributed by atoms with van der Waals surface area (Å²) in [7, 11) is -3.62. The highest BCUT2D eigenvalue weighted by Gasteiger charge is 2.33. The summed E-state index contributed by atoms with van der Waals surface area (Å²) in [6.45, 7) is 0.467. The molecule has 118 valence electrons. The molecule has 1 aliphatic rings. The summed E-state index contributed by atoms with van der Waals surface area (Å²) in [5, 5.41) is 11.7. The predicted molar refractivity (Wildman–Crippen MR) is 86.0 cm³/mol. The Balaban J connectivity index is 1.92. The van der Waals surface area contributed by atoms with Crippen LogP contribution in [-0.4, -0.2) is 36.9 Å². The molecule has 0 amide bonds. The lowest BCUT2D eigenvalue weighted by Crippen LogP contribution is -2.40. The molecule has 8 heteroatoms. The Morgan fingerprint density at radius 3 is 2.64 bits per heavy atom. The number of nitrogens with zero attached hydrogens (tertiary/aromatic N) is 1. The Morgan fingerprint density at radius 1 is 1.32 bits per heavy atom. The summed E-state index contributed by atoms with van der Waals surface area (Å²) in [5.74, 6) is -1.31. The lowest BCUT2D eigenvalue weighted by molar-refractivity contribution is -0.142. The van der Waals surface area contributed by atoms with Crippen molar-refractivity contribution in [3.05, 3.63) is 28.6 Å². The number of carbonyl (C=O) groups is 1. The number of halogens is 1. The van der Waals surface area contributed by atoms with Gasteiger partial charge in [-0.25, -0.2) is 8.42 Å². The Hall–Kier alpha value is -1.15. The number of piperidine rings is 1. The number of carboxylic acid groups (broad SMARTS) is 1. The van der Waals surface area contributed by atoms with E-state index in [1.54, 1.807) is 23.6 Å². The van der Waals surface area contributed by atoms with E-state index in [1.165, 1.54) is 15.6 Å². The molecular weight excluding hydrogens is 346 g/mol. The highest BCUT2D eigenvalue weighted by Crippen LogP contribution is 2.34. The zero-order chi connectivity index (χ0) is 15.9. The maximum Gasteiger partial charge on any atom is 0.306 e. The molecule has 1 saturated heterocycles. The van der Waals surface area contributed by atoms with E-state index in [2.05, 4.69) is 0 Å². The molecule has 5 nitrogen and oxygen atoms in total. The molecule has 1 aromatic heterocycles. The van der Waals surface area contributed by atoms with Crippen LogP contribution in [-0.2, 0) is 14.8 Å². The van der Waals surface area contributed by atoms with Crippen LogP contribution in [0.1, 0.15) is 12.8 Å². The van der Waals surface area contributed by atoms with Crippen molar-refractivity contribution in [2.45, 2.75) is 17.7 Å². The molecule has 0 atom stereocenters. The van der Waals surface area contributed by atoms with Crippen molar-refractivity contribution in [1.29, 1.82) is 0 Å². The Bertz CT molecular complexity index is 822. The fourth-order valence-electron chi connectivity index (χ4n) is 2.66. The number of thiophene rings is 1. The normalized spacial score (nSPS) is 17.9. The molecule has 3 rings (SSSR count). The standard InChI is InChI=1S/C14H14ClNO4S2/c15-10-1-2-12-11(7-10)13(8-21-12)22(19,20)16-5-3-9(4-6-16)14(17)18/h1-2,7-9H,3-6H2,(H,17,18). The number of rotatable bonds is 3. The molecule has 1 aromatic carbocycles. The minimum atomic E-state index is -3.62. The Morgan fingerprint density at radius 2 is 2.00 bits per heavy atom.